The number of benzene rings is 1. The van der Waals surface area contributed by atoms with Crippen LogP contribution >= 0.6 is 0 Å². The summed E-state index contributed by atoms with van der Waals surface area (Å²) in [6.45, 7) is 2.52. The highest BCUT2D eigenvalue weighted by Gasteiger charge is 2.45. The minimum absolute atomic E-state index is 0.563. The van der Waals surface area contributed by atoms with Gasteiger partial charge in [0.25, 0.3) is 0 Å². The topological polar surface area (TPSA) is 0 Å². The molecule has 0 heteroatoms. The molecule has 0 spiro atoms. The Balaban J connectivity index is 1.77. The number of rotatable bonds is 0. The molecule has 3 aliphatic carbocycles. The highest BCUT2D eigenvalue weighted by Crippen LogP contribution is 2.58. The molecule has 1 saturated carbocycles. The summed E-state index contributed by atoms with van der Waals surface area (Å²) in [4.78, 5) is 0. The van der Waals surface area contributed by atoms with Gasteiger partial charge in [-0.15, -0.1) is 0 Å². The summed E-state index contributed by atoms with van der Waals surface area (Å²) in [5, 5.41) is 0. The molecule has 0 aromatic heterocycles. The van der Waals surface area contributed by atoms with Gasteiger partial charge in [0.1, 0.15) is 0 Å². The van der Waals surface area contributed by atoms with Crippen LogP contribution in [0.5, 0.6) is 0 Å². The van der Waals surface area contributed by atoms with Crippen LogP contribution in [0.3, 0.4) is 0 Å². The average Bonchev–Trinajstić information content (AvgIpc) is 2.80. The molecule has 3 aliphatic rings. The summed E-state index contributed by atoms with van der Waals surface area (Å²) < 4.78 is 0. The normalized spacial score (nSPS) is 37.5. The molecule has 0 amide bonds. The van der Waals surface area contributed by atoms with Crippen molar-refractivity contribution in [1.82, 2.24) is 0 Å². The minimum Gasteiger partial charge on any atom is -0.0844 e. The Kier molecular flexibility index (Phi) is 2.24. The van der Waals surface area contributed by atoms with Crippen LogP contribution in [0, 0.1) is 11.3 Å². The monoisotopic (exact) mass is 238 g/mol. The van der Waals surface area contributed by atoms with Crippen molar-refractivity contribution in [2.45, 2.75) is 51.4 Å². The number of hydrogen-bond donors (Lipinski definition) is 0. The third-order valence-electron chi connectivity index (χ3n) is 5.83. The van der Waals surface area contributed by atoms with Crippen molar-refractivity contribution < 1.29 is 0 Å². The smallest absolute Gasteiger partial charge is 0.00930 e. The zero-order valence-corrected chi connectivity index (χ0v) is 11.3. The molecule has 0 heterocycles. The van der Waals surface area contributed by atoms with Crippen LogP contribution in [0.1, 0.15) is 56.1 Å². The Bertz CT molecular complexity index is 511. The Morgan fingerprint density at radius 3 is 2.89 bits per heavy atom. The fourth-order valence-corrected chi connectivity index (χ4v) is 4.86. The standard InChI is InChI=1S/C18H22/c1-18-11-4-7-17(18)16-9-8-13-5-2-3-6-14(13)15(16)10-12-18/h2-3,5-7,15-16H,4,8-12H2,1H3/t15-,16-,18+/m1/s1. The van der Waals surface area contributed by atoms with Crippen LogP contribution < -0.4 is 0 Å². The molecule has 1 aromatic carbocycles. The second kappa shape index (κ2) is 3.73. The van der Waals surface area contributed by atoms with Gasteiger partial charge in [-0.05, 0) is 66.9 Å². The van der Waals surface area contributed by atoms with Gasteiger partial charge in [0.15, 0.2) is 0 Å². The lowest BCUT2D eigenvalue weighted by molar-refractivity contribution is 0.217. The van der Waals surface area contributed by atoms with Crippen LogP contribution in [-0.4, -0.2) is 0 Å². The van der Waals surface area contributed by atoms with E-state index in [1.54, 1.807) is 11.1 Å². The Morgan fingerprint density at radius 2 is 1.94 bits per heavy atom. The predicted octanol–water partition coefficient (Wildman–Crippen LogP) is 4.85. The summed E-state index contributed by atoms with van der Waals surface area (Å²) in [5.74, 6) is 1.69. The lowest BCUT2D eigenvalue weighted by Crippen LogP contribution is -2.34. The second-order valence-electron chi connectivity index (χ2n) is 6.75. The number of allylic oxidation sites excluding steroid dienone is 2. The Morgan fingerprint density at radius 1 is 1.06 bits per heavy atom. The van der Waals surface area contributed by atoms with E-state index in [0.29, 0.717) is 5.41 Å². The molecule has 1 fully saturated rings. The van der Waals surface area contributed by atoms with Crippen molar-refractivity contribution in [3.8, 4) is 0 Å². The van der Waals surface area contributed by atoms with E-state index in [2.05, 4.69) is 37.3 Å². The molecule has 0 saturated heterocycles. The highest BCUT2D eigenvalue weighted by atomic mass is 14.5. The van der Waals surface area contributed by atoms with E-state index in [0.717, 1.165) is 11.8 Å². The molecule has 0 N–H and O–H groups in total. The molecule has 0 aliphatic heterocycles. The van der Waals surface area contributed by atoms with E-state index < -0.39 is 0 Å². The fourth-order valence-electron chi connectivity index (χ4n) is 4.86. The van der Waals surface area contributed by atoms with Crippen molar-refractivity contribution in [3.63, 3.8) is 0 Å². The molecule has 0 bridgehead atoms. The largest absolute Gasteiger partial charge is 0.0844 e. The molecule has 0 radical (unpaired) electrons. The van der Waals surface area contributed by atoms with Gasteiger partial charge in [-0.2, -0.15) is 0 Å². The fraction of sp³-hybridized carbons (Fsp3) is 0.556. The van der Waals surface area contributed by atoms with E-state index in [9.17, 15) is 0 Å². The second-order valence-corrected chi connectivity index (χ2v) is 6.75. The third kappa shape index (κ3) is 1.38. The maximum Gasteiger partial charge on any atom is -0.00930 e. The van der Waals surface area contributed by atoms with E-state index in [1.165, 1.54) is 38.5 Å². The van der Waals surface area contributed by atoms with Gasteiger partial charge in [0.2, 0.25) is 0 Å². The van der Waals surface area contributed by atoms with Gasteiger partial charge in [-0.3, -0.25) is 0 Å². The molecular weight excluding hydrogens is 216 g/mol. The highest BCUT2D eigenvalue weighted by molar-refractivity contribution is 5.39. The molecule has 94 valence electrons. The number of hydrogen-bond acceptors (Lipinski definition) is 0. The number of aryl methyl sites for hydroxylation is 1. The van der Waals surface area contributed by atoms with Gasteiger partial charge in [-0.1, -0.05) is 42.8 Å². The summed E-state index contributed by atoms with van der Waals surface area (Å²) in [7, 11) is 0. The SMILES string of the molecule is C[C@@]12CCC=C1[C@@H]1CCc3ccccc3[C@H]1CC2. The number of fused-ring (bicyclic) bond motifs is 5. The molecule has 3 atom stereocenters. The van der Waals surface area contributed by atoms with Crippen molar-refractivity contribution in [2.75, 3.05) is 0 Å². The van der Waals surface area contributed by atoms with Crippen molar-refractivity contribution >= 4 is 0 Å². The average molecular weight is 238 g/mol. The first kappa shape index (κ1) is 10.8. The van der Waals surface area contributed by atoms with E-state index >= 15 is 0 Å². The lowest BCUT2D eigenvalue weighted by Gasteiger charge is -2.46. The first-order valence-electron chi connectivity index (χ1n) is 7.56. The molecule has 0 nitrogen and oxygen atoms in total. The Labute approximate surface area is 110 Å². The van der Waals surface area contributed by atoms with Crippen molar-refractivity contribution in [2.24, 2.45) is 11.3 Å². The van der Waals surface area contributed by atoms with Gasteiger partial charge < -0.3 is 0 Å². The molecular formula is C18H22. The van der Waals surface area contributed by atoms with Gasteiger partial charge >= 0.3 is 0 Å². The zero-order chi connectivity index (χ0) is 12.2. The van der Waals surface area contributed by atoms with Crippen LogP contribution in [0.25, 0.3) is 0 Å². The maximum atomic E-state index is 2.59. The van der Waals surface area contributed by atoms with E-state index in [4.69, 9.17) is 0 Å². The first-order chi connectivity index (χ1) is 8.78. The zero-order valence-electron chi connectivity index (χ0n) is 11.3. The first-order valence-corrected chi connectivity index (χ1v) is 7.56. The summed E-state index contributed by atoms with van der Waals surface area (Å²) in [6, 6.07) is 9.19. The minimum atomic E-state index is 0.563. The third-order valence-corrected chi connectivity index (χ3v) is 5.83. The molecule has 18 heavy (non-hydrogen) atoms. The molecule has 1 aromatic rings. The maximum absolute atomic E-state index is 2.59. The van der Waals surface area contributed by atoms with Crippen LogP contribution in [0.15, 0.2) is 35.9 Å². The predicted molar refractivity (Wildman–Crippen MR) is 75.7 cm³/mol. The Hall–Kier alpha value is -1.04. The van der Waals surface area contributed by atoms with Gasteiger partial charge in [0.05, 0.1) is 0 Å². The van der Waals surface area contributed by atoms with Crippen molar-refractivity contribution in [1.29, 1.82) is 0 Å². The quantitative estimate of drug-likeness (QED) is 0.567. The lowest BCUT2D eigenvalue weighted by atomic mass is 9.58. The van der Waals surface area contributed by atoms with E-state index in [-0.39, 0.29) is 0 Å². The van der Waals surface area contributed by atoms with Gasteiger partial charge in [0, 0.05) is 0 Å². The van der Waals surface area contributed by atoms with Crippen LogP contribution in [-0.2, 0) is 6.42 Å². The molecule has 0 unspecified atom stereocenters. The van der Waals surface area contributed by atoms with Crippen molar-refractivity contribution in [3.05, 3.63) is 47.0 Å². The summed E-state index contributed by atoms with van der Waals surface area (Å²) in [6.07, 6.45) is 10.8. The van der Waals surface area contributed by atoms with Crippen LogP contribution in [0.2, 0.25) is 0 Å². The van der Waals surface area contributed by atoms with Gasteiger partial charge in [-0.25, -0.2) is 0 Å². The molecule has 4 rings (SSSR count). The summed E-state index contributed by atoms with van der Waals surface area (Å²) in [5.41, 5.74) is 5.69. The summed E-state index contributed by atoms with van der Waals surface area (Å²) >= 11 is 0. The van der Waals surface area contributed by atoms with Crippen LogP contribution in [0.4, 0.5) is 0 Å². The van der Waals surface area contributed by atoms with E-state index in [1.807, 2.05) is 5.57 Å².